The Hall–Kier alpha value is -2.05. The first-order valence-corrected chi connectivity index (χ1v) is 3.69. The highest BCUT2D eigenvalue weighted by atomic mass is 19.1. The predicted octanol–water partition coefficient (Wildman–Crippen LogP) is 1.66. The molecule has 0 atom stereocenters. The van der Waals surface area contributed by atoms with Crippen LogP contribution in [-0.4, -0.2) is 18.0 Å². The van der Waals surface area contributed by atoms with Gasteiger partial charge < -0.3 is 4.74 Å². The van der Waals surface area contributed by atoms with Gasteiger partial charge >= 0.3 is 11.7 Å². The van der Waals surface area contributed by atoms with Gasteiger partial charge in [-0.05, 0) is 12.1 Å². The summed E-state index contributed by atoms with van der Waals surface area (Å²) in [6.45, 7) is 0. The van der Waals surface area contributed by atoms with Crippen LogP contribution < -0.4 is 0 Å². The molecular weight excluding hydrogens is 212 g/mol. The minimum atomic E-state index is -1.42. The topological polar surface area (TPSA) is 69.4 Å². The van der Waals surface area contributed by atoms with Gasteiger partial charge in [0, 0.05) is 0 Å². The normalized spacial score (nSPS) is 9.80. The molecule has 0 radical (unpaired) electrons. The van der Waals surface area contributed by atoms with Gasteiger partial charge in [0.25, 0.3) is 0 Å². The van der Waals surface area contributed by atoms with Gasteiger partial charge in [0.2, 0.25) is 11.6 Å². The van der Waals surface area contributed by atoms with Gasteiger partial charge in [0.05, 0.1) is 17.6 Å². The summed E-state index contributed by atoms with van der Waals surface area (Å²) in [6.07, 6.45) is 0. The number of esters is 1. The Labute approximate surface area is 82.4 Å². The van der Waals surface area contributed by atoms with Crippen molar-refractivity contribution in [1.29, 1.82) is 0 Å². The molecule has 0 aliphatic rings. The van der Waals surface area contributed by atoms with E-state index in [2.05, 4.69) is 4.74 Å². The van der Waals surface area contributed by atoms with Gasteiger partial charge in [-0.3, -0.25) is 10.1 Å². The van der Waals surface area contributed by atoms with E-state index in [-0.39, 0.29) is 0 Å². The van der Waals surface area contributed by atoms with Crippen LogP contribution >= 0.6 is 0 Å². The molecule has 0 saturated carbocycles. The highest BCUT2D eigenvalue weighted by molar-refractivity contribution is 5.89. The second-order valence-corrected chi connectivity index (χ2v) is 2.54. The Morgan fingerprint density at radius 2 is 1.87 bits per heavy atom. The first kappa shape index (κ1) is 11.0. The number of nitrogens with zero attached hydrogens (tertiary/aromatic N) is 1. The lowest BCUT2D eigenvalue weighted by atomic mass is 10.2. The molecule has 0 aliphatic carbocycles. The van der Waals surface area contributed by atoms with Gasteiger partial charge in [-0.2, -0.15) is 8.78 Å². The number of hydrogen-bond acceptors (Lipinski definition) is 4. The van der Waals surface area contributed by atoms with Gasteiger partial charge in [0.1, 0.15) is 0 Å². The zero-order chi connectivity index (χ0) is 11.6. The summed E-state index contributed by atoms with van der Waals surface area (Å²) in [5.41, 5.74) is -1.71. The van der Waals surface area contributed by atoms with Crippen molar-refractivity contribution in [2.75, 3.05) is 7.11 Å². The number of nitro benzene ring substituents is 1. The maximum atomic E-state index is 13.0. The van der Waals surface area contributed by atoms with E-state index in [0.717, 1.165) is 7.11 Å². The average molecular weight is 217 g/mol. The van der Waals surface area contributed by atoms with Crippen molar-refractivity contribution in [3.63, 3.8) is 0 Å². The molecule has 0 spiro atoms. The molecule has 0 aromatic heterocycles. The Morgan fingerprint density at radius 3 is 2.20 bits per heavy atom. The lowest BCUT2D eigenvalue weighted by Gasteiger charge is -2.00. The number of carbonyl (C=O) groups excluding carboxylic acids is 1. The molecule has 15 heavy (non-hydrogen) atoms. The molecule has 0 N–H and O–H groups in total. The monoisotopic (exact) mass is 217 g/mol. The van der Waals surface area contributed by atoms with E-state index in [1.54, 1.807) is 0 Å². The second kappa shape index (κ2) is 3.99. The van der Waals surface area contributed by atoms with E-state index >= 15 is 0 Å². The molecular formula is C8H5F2NO4. The third kappa shape index (κ3) is 2.06. The van der Waals surface area contributed by atoms with Crippen molar-refractivity contribution in [2.45, 2.75) is 0 Å². The largest absolute Gasteiger partial charge is 0.465 e. The van der Waals surface area contributed by atoms with Crippen LogP contribution in [0.3, 0.4) is 0 Å². The lowest BCUT2D eigenvalue weighted by Crippen LogP contribution is -2.05. The van der Waals surface area contributed by atoms with Crippen LogP contribution in [0.15, 0.2) is 12.1 Å². The maximum Gasteiger partial charge on any atom is 0.340 e. The number of rotatable bonds is 2. The molecule has 0 saturated heterocycles. The third-order valence-corrected chi connectivity index (χ3v) is 1.62. The molecule has 7 heteroatoms. The highest BCUT2D eigenvalue weighted by Gasteiger charge is 2.23. The van der Waals surface area contributed by atoms with E-state index in [4.69, 9.17) is 0 Å². The van der Waals surface area contributed by atoms with Gasteiger partial charge in [-0.1, -0.05) is 0 Å². The van der Waals surface area contributed by atoms with E-state index in [1.807, 2.05) is 0 Å². The molecule has 1 aromatic rings. The van der Waals surface area contributed by atoms with Crippen molar-refractivity contribution in [1.82, 2.24) is 0 Å². The second-order valence-electron chi connectivity index (χ2n) is 2.54. The van der Waals surface area contributed by atoms with Crippen molar-refractivity contribution >= 4 is 11.7 Å². The zero-order valence-corrected chi connectivity index (χ0v) is 7.49. The van der Waals surface area contributed by atoms with Gasteiger partial charge in [-0.15, -0.1) is 0 Å². The van der Waals surface area contributed by atoms with Crippen LogP contribution in [0, 0.1) is 21.7 Å². The molecule has 0 heterocycles. The molecule has 0 bridgehead atoms. The summed E-state index contributed by atoms with van der Waals surface area (Å²) >= 11 is 0. The number of nitro groups is 1. The van der Waals surface area contributed by atoms with Crippen LogP contribution in [-0.2, 0) is 4.74 Å². The molecule has 0 aliphatic heterocycles. The highest BCUT2D eigenvalue weighted by Crippen LogP contribution is 2.23. The van der Waals surface area contributed by atoms with Gasteiger partial charge in [-0.25, -0.2) is 4.79 Å². The van der Waals surface area contributed by atoms with E-state index < -0.39 is 33.8 Å². The molecule has 1 rings (SSSR count). The fraction of sp³-hybridized carbons (Fsp3) is 0.125. The first-order chi connectivity index (χ1) is 6.97. The molecule has 0 fully saturated rings. The van der Waals surface area contributed by atoms with Crippen LogP contribution in [0.2, 0.25) is 0 Å². The summed E-state index contributed by atoms with van der Waals surface area (Å²) in [7, 11) is 1.03. The predicted molar refractivity (Wildman–Crippen MR) is 44.4 cm³/mol. The number of carbonyl (C=O) groups is 1. The quantitative estimate of drug-likeness (QED) is 0.429. The summed E-state index contributed by atoms with van der Waals surface area (Å²) in [5, 5.41) is 10.2. The summed E-state index contributed by atoms with van der Waals surface area (Å²) < 4.78 is 30.1. The smallest absolute Gasteiger partial charge is 0.340 e. The minimum Gasteiger partial charge on any atom is -0.465 e. The fourth-order valence-electron chi connectivity index (χ4n) is 0.976. The summed E-state index contributed by atoms with van der Waals surface area (Å²) in [6, 6.07) is 1.10. The van der Waals surface area contributed by atoms with Crippen LogP contribution in [0.5, 0.6) is 0 Å². The lowest BCUT2D eigenvalue weighted by molar-refractivity contribution is -0.390. The van der Waals surface area contributed by atoms with Crippen molar-refractivity contribution in [3.8, 4) is 0 Å². The standard InChI is InChI=1S/C8H5F2NO4/c1-15-8(12)4-2-5(9)7(11(13)14)6(10)3-4/h2-3H,1H3. The van der Waals surface area contributed by atoms with E-state index in [0.29, 0.717) is 12.1 Å². The maximum absolute atomic E-state index is 13.0. The summed E-state index contributed by atoms with van der Waals surface area (Å²) in [4.78, 5) is 19.9. The number of methoxy groups -OCH3 is 1. The Bertz CT molecular complexity index is 410. The molecule has 5 nitrogen and oxygen atoms in total. The number of halogens is 2. The van der Waals surface area contributed by atoms with Crippen LogP contribution in [0.1, 0.15) is 10.4 Å². The van der Waals surface area contributed by atoms with Crippen LogP contribution in [0.25, 0.3) is 0 Å². The number of hydrogen-bond donors (Lipinski definition) is 0. The molecule has 80 valence electrons. The fourth-order valence-corrected chi connectivity index (χ4v) is 0.976. The zero-order valence-electron chi connectivity index (χ0n) is 7.49. The van der Waals surface area contributed by atoms with E-state index in [1.165, 1.54) is 0 Å². The summed E-state index contributed by atoms with van der Waals surface area (Å²) in [5.74, 6) is -3.80. The molecule has 1 aromatic carbocycles. The Kier molecular flexibility index (Phi) is 2.93. The number of ether oxygens (including phenoxy) is 1. The average Bonchev–Trinajstić information content (AvgIpc) is 2.14. The Balaban J connectivity index is 3.31. The van der Waals surface area contributed by atoms with Crippen molar-refractivity contribution < 1.29 is 23.2 Å². The molecule has 0 unspecified atom stereocenters. The number of benzene rings is 1. The van der Waals surface area contributed by atoms with Crippen molar-refractivity contribution in [2.24, 2.45) is 0 Å². The minimum absolute atomic E-state index is 0.418. The molecule has 0 amide bonds. The van der Waals surface area contributed by atoms with E-state index in [9.17, 15) is 23.7 Å². The van der Waals surface area contributed by atoms with Crippen molar-refractivity contribution in [3.05, 3.63) is 39.4 Å². The Morgan fingerprint density at radius 1 is 1.40 bits per heavy atom. The third-order valence-electron chi connectivity index (χ3n) is 1.62. The van der Waals surface area contributed by atoms with Gasteiger partial charge in [0.15, 0.2) is 0 Å². The van der Waals surface area contributed by atoms with Crippen LogP contribution in [0.4, 0.5) is 14.5 Å². The first-order valence-electron chi connectivity index (χ1n) is 3.69. The SMILES string of the molecule is COC(=O)c1cc(F)c([N+](=O)[O-])c(F)c1.